The van der Waals surface area contributed by atoms with Gasteiger partial charge in [-0.3, -0.25) is 4.79 Å². The molecule has 1 aromatic heterocycles. The highest BCUT2D eigenvalue weighted by Crippen LogP contribution is 2.24. The van der Waals surface area contributed by atoms with Crippen LogP contribution in [0.25, 0.3) is 11.5 Å². The number of amides is 1. The Kier molecular flexibility index (Phi) is 5.48. The molecule has 0 spiro atoms. The summed E-state index contributed by atoms with van der Waals surface area (Å²) in [6, 6.07) is 16.2. The third-order valence-corrected chi connectivity index (χ3v) is 4.47. The van der Waals surface area contributed by atoms with Gasteiger partial charge in [0.1, 0.15) is 0 Å². The molecule has 1 heterocycles. The molecule has 1 N–H and O–H groups in total. The highest BCUT2D eigenvalue weighted by molar-refractivity contribution is 9.10. The number of halogens is 1. The minimum atomic E-state index is -0.196. The van der Waals surface area contributed by atoms with Crippen molar-refractivity contribution in [2.45, 2.75) is 5.22 Å². The zero-order valence-corrected chi connectivity index (χ0v) is 15.2. The van der Waals surface area contributed by atoms with E-state index in [-0.39, 0.29) is 11.7 Å². The Morgan fingerprint density at radius 2 is 1.88 bits per heavy atom. The average Bonchev–Trinajstić information content (AvgIpc) is 3.10. The summed E-state index contributed by atoms with van der Waals surface area (Å²) in [5.41, 5.74) is 1.98. The zero-order valence-electron chi connectivity index (χ0n) is 12.8. The first-order valence-corrected chi connectivity index (χ1v) is 8.94. The lowest BCUT2D eigenvalue weighted by Gasteiger charge is -2.03. The van der Waals surface area contributed by atoms with Crippen LogP contribution in [0.1, 0.15) is 5.56 Å². The summed E-state index contributed by atoms with van der Waals surface area (Å²) in [4.78, 5) is 12.0. The zero-order chi connectivity index (χ0) is 17.6. The van der Waals surface area contributed by atoms with Crippen molar-refractivity contribution in [3.8, 4) is 17.5 Å². The second-order valence-corrected chi connectivity index (χ2v) is 6.75. The molecule has 6 nitrogen and oxygen atoms in total. The second kappa shape index (κ2) is 7.96. The number of thioether (sulfide) groups is 1. The molecule has 8 heteroatoms. The van der Waals surface area contributed by atoms with E-state index in [4.69, 9.17) is 9.68 Å². The number of hydrogen-bond acceptors (Lipinski definition) is 6. The van der Waals surface area contributed by atoms with E-state index < -0.39 is 0 Å². The summed E-state index contributed by atoms with van der Waals surface area (Å²) in [5, 5.41) is 19.7. The van der Waals surface area contributed by atoms with Crippen molar-refractivity contribution in [1.82, 2.24) is 10.2 Å². The molecule has 3 rings (SSSR count). The summed E-state index contributed by atoms with van der Waals surface area (Å²) < 4.78 is 6.51. The first kappa shape index (κ1) is 17.2. The lowest BCUT2D eigenvalue weighted by molar-refractivity contribution is -0.113. The van der Waals surface area contributed by atoms with E-state index in [0.717, 1.165) is 21.8 Å². The van der Waals surface area contributed by atoms with Gasteiger partial charge in [-0.1, -0.05) is 27.7 Å². The molecule has 0 atom stereocenters. The molecule has 0 aliphatic rings. The highest BCUT2D eigenvalue weighted by Gasteiger charge is 2.11. The molecule has 0 aliphatic carbocycles. The minimum absolute atomic E-state index is 0.141. The van der Waals surface area contributed by atoms with Gasteiger partial charge in [-0.05, 0) is 48.5 Å². The predicted molar refractivity (Wildman–Crippen MR) is 97.9 cm³/mol. The maximum Gasteiger partial charge on any atom is 0.277 e. The highest BCUT2D eigenvalue weighted by atomic mass is 79.9. The van der Waals surface area contributed by atoms with Crippen molar-refractivity contribution in [3.05, 3.63) is 58.6 Å². The van der Waals surface area contributed by atoms with E-state index in [2.05, 4.69) is 31.4 Å². The van der Waals surface area contributed by atoms with Crippen LogP contribution in [0.2, 0.25) is 0 Å². The smallest absolute Gasteiger partial charge is 0.277 e. The molecule has 2 aromatic carbocycles. The molecular formula is C17H11BrN4O2S. The number of carbonyl (C=O) groups excluding carboxylic acids is 1. The Morgan fingerprint density at radius 1 is 1.16 bits per heavy atom. The van der Waals surface area contributed by atoms with Gasteiger partial charge in [0.05, 0.1) is 17.4 Å². The van der Waals surface area contributed by atoms with E-state index >= 15 is 0 Å². The van der Waals surface area contributed by atoms with Crippen LogP contribution in [0.15, 0.2) is 62.6 Å². The van der Waals surface area contributed by atoms with E-state index in [0.29, 0.717) is 22.4 Å². The number of nitrogens with one attached hydrogen (secondary N) is 1. The standard InChI is InChI=1S/C17H11BrN4O2S/c18-13-5-3-12(4-6-13)16-21-22-17(24-16)25-10-15(23)20-14-7-1-11(9-19)2-8-14/h1-8H,10H2,(H,20,23). The molecule has 1 amide bonds. The normalized spacial score (nSPS) is 10.2. The van der Waals surface area contributed by atoms with Gasteiger partial charge in [0.15, 0.2) is 0 Å². The number of aromatic nitrogens is 2. The largest absolute Gasteiger partial charge is 0.411 e. The van der Waals surface area contributed by atoms with Crippen molar-refractivity contribution >= 4 is 39.3 Å². The van der Waals surface area contributed by atoms with Crippen LogP contribution in [0, 0.1) is 11.3 Å². The third kappa shape index (κ3) is 4.68. The topological polar surface area (TPSA) is 91.8 Å². The fourth-order valence-corrected chi connectivity index (χ4v) is 2.76. The van der Waals surface area contributed by atoms with Gasteiger partial charge in [-0.25, -0.2) is 0 Å². The Labute approximate surface area is 156 Å². The fourth-order valence-electron chi connectivity index (χ4n) is 1.93. The lowest BCUT2D eigenvalue weighted by Crippen LogP contribution is -2.13. The van der Waals surface area contributed by atoms with Crippen LogP contribution in [-0.4, -0.2) is 21.9 Å². The predicted octanol–water partition coefficient (Wildman–Crippen LogP) is 4.10. The maximum atomic E-state index is 12.0. The van der Waals surface area contributed by atoms with E-state index in [1.54, 1.807) is 24.3 Å². The van der Waals surface area contributed by atoms with Gasteiger partial charge in [0.2, 0.25) is 11.8 Å². The minimum Gasteiger partial charge on any atom is -0.411 e. The van der Waals surface area contributed by atoms with Gasteiger partial charge >= 0.3 is 0 Å². The van der Waals surface area contributed by atoms with Gasteiger partial charge < -0.3 is 9.73 Å². The van der Waals surface area contributed by atoms with Gasteiger partial charge in [-0.15, -0.1) is 10.2 Å². The van der Waals surface area contributed by atoms with E-state index in [9.17, 15) is 4.79 Å². The van der Waals surface area contributed by atoms with Crippen LogP contribution in [0.5, 0.6) is 0 Å². The molecule has 25 heavy (non-hydrogen) atoms. The van der Waals surface area contributed by atoms with Gasteiger partial charge in [0.25, 0.3) is 5.22 Å². The number of benzene rings is 2. The number of anilines is 1. The van der Waals surface area contributed by atoms with Crippen molar-refractivity contribution < 1.29 is 9.21 Å². The fraction of sp³-hybridized carbons (Fsp3) is 0.0588. The molecular weight excluding hydrogens is 404 g/mol. The number of carbonyl (C=O) groups is 1. The monoisotopic (exact) mass is 414 g/mol. The number of nitriles is 1. The molecule has 0 radical (unpaired) electrons. The third-order valence-electron chi connectivity index (χ3n) is 3.12. The molecule has 0 saturated heterocycles. The second-order valence-electron chi connectivity index (χ2n) is 4.91. The van der Waals surface area contributed by atoms with E-state index in [1.807, 2.05) is 30.3 Å². The summed E-state index contributed by atoms with van der Waals surface area (Å²) >= 11 is 4.53. The number of hydrogen-bond donors (Lipinski definition) is 1. The van der Waals surface area contributed by atoms with Crippen LogP contribution in [0.4, 0.5) is 5.69 Å². The summed E-state index contributed by atoms with van der Waals surface area (Å²) in [7, 11) is 0. The van der Waals surface area contributed by atoms with Crippen LogP contribution < -0.4 is 5.32 Å². The molecule has 0 unspecified atom stereocenters. The first-order chi connectivity index (χ1) is 12.1. The maximum absolute atomic E-state index is 12.0. The van der Waals surface area contributed by atoms with E-state index in [1.165, 1.54) is 0 Å². The first-order valence-electron chi connectivity index (χ1n) is 7.16. The van der Waals surface area contributed by atoms with Crippen molar-refractivity contribution in [3.63, 3.8) is 0 Å². The summed E-state index contributed by atoms with van der Waals surface area (Å²) in [6.45, 7) is 0. The van der Waals surface area contributed by atoms with Crippen molar-refractivity contribution in [2.24, 2.45) is 0 Å². The molecule has 124 valence electrons. The van der Waals surface area contributed by atoms with Crippen molar-refractivity contribution in [1.29, 1.82) is 5.26 Å². The van der Waals surface area contributed by atoms with Crippen LogP contribution in [-0.2, 0) is 4.79 Å². The van der Waals surface area contributed by atoms with Gasteiger partial charge in [-0.2, -0.15) is 5.26 Å². The number of rotatable bonds is 5. The summed E-state index contributed by atoms with van der Waals surface area (Å²) in [6.07, 6.45) is 0. The lowest BCUT2D eigenvalue weighted by atomic mass is 10.2. The molecule has 3 aromatic rings. The molecule has 0 bridgehead atoms. The summed E-state index contributed by atoms with van der Waals surface area (Å²) in [5.74, 6) is 0.350. The quantitative estimate of drug-likeness (QED) is 0.631. The van der Waals surface area contributed by atoms with Crippen LogP contribution in [0.3, 0.4) is 0 Å². The Hall–Kier alpha value is -2.63. The Balaban J connectivity index is 1.55. The number of nitrogens with zero attached hydrogens (tertiary/aromatic N) is 3. The Bertz CT molecular complexity index is 917. The molecule has 0 fully saturated rings. The van der Waals surface area contributed by atoms with Crippen LogP contribution >= 0.6 is 27.7 Å². The Morgan fingerprint density at radius 3 is 2.56 bits per heavy atom. The molecule has 0 aliphatic heterocycles. The van der Waals surface area contributed by atoms with Gasteiger partial charge in [0, 0.05) is 15.7 Å². The molecule has 0 saturated carbocycles. The SMILES string of the molecule is N#Cc1ccc(NC(=O)CSc2nnc(-c3ccc(Br)cc3)o2)cc1. The average molecular weight is 415 g/mol. The van der Waals surface area contributed by atoms with Crippen molar-refractivity contribution in [2.75, 3.05) is 11.1 Å².